The van der Waals surface area contributed by atoms with Crippen molar-refractivity contribution in [3.63, 3.8) is 0 Å². The van der Waals surface area contributed by atoms with Crippen LogP contribution < -0.4 is 132 Å². The van der Waals surface area contributed by atoms with Crippen molar-refractivity contribution >= 4 is 15.6 Å². The summed E-state index contributed by atoms with van der Waals surface area (Å²) in [4.78, 5) is 51.3. The van der Waals surface area contributed by atoms with Crippen molar-refractivity contribution in [2.45, 2.75) is 0 Å². The van der Waals surface area contributed by atoms with Gasteiger partial charge in [0.05, 0.1) is 0 Å². The number of rotatable bonds is 0. The average Bonchev–Trinajstić information content (AvgIpc) is 1.12. The Morgan fingerprint density at radius 2 is 0.583 bits per heavy atom. The molecule has 0 aromatic heterocycles. The Hall–Kier alpha value is 3.49. The van der Waals surface area contributed by atoms with Gasteiger partial charge in [-0.3, -0.25) is 0 Å². The van der Waals surface area contributed by atoms with Gasteiger partial charge < -0.3 is 38.5 Å². The predicted molar refractivity (Wildman–Crippen MR) is 15.2 cm³/mol. The second kappa shape index (κ2) is 11.0. The first-order chi connectivity index (χ1) is 4.00. The van der Waals surface area contributed by atoms with E-state index in [0.717, 1.165) is 0 Å². The smallest absolute Gasteiger partial charge is 0.822 e. The fourth-order valence-corrected chi connectivity index (χ4v) is 0. The van der Waals surface area contributed by atoms with E-state index in [9.17, 15) is 0 Å². The summed E-state index contributed by atoms with van der Waals surface area (Å²) < 4.78 is 17.1. The van der Waals surface area contributed by atoms with Crippen LogP contribution in [0, 0.1) is 0 Å². The van der Waals surface area contributed by atoms with Gasteiger partial charge in [0.25, 0.3) is 0 Å². The predicted octanol–water partition coefficient (Wildman–Crippen LogP) is -11.6. The molecule has 0 bridgehead atoms. The molecular formula is K2O8P2-4. The van der Waals surface area contributed by atoms with Gasteiger partial charge in [-0.05, 0) is 0 Å². The molecule has 8 nitrogen and oxygen atoms in total. The normalized spacial score (nSPS) is 9.83. The molecule has 0 aliphatic rings. The molecule has 12 heteroatoms. The minimum atomic E-state index is -5.39. The quantitative estimate of drug-likeness (QED) is 0.307. The third-order valence-corrected chi connectivity index (χ3v) is 0. The van der Waals surface area contributed by atoms with E-state index in [4.69, 9.17) is 38.5 Å². The average molecular weight is 268 g/mol. The second-order valence-electron chi connectivity index (χ2n) is 0.894. The third-order valence-electron chi connectivity index (χ3n) is 0. The van der Waals surface area contributed by atoms with Crippen molar-refractivity contribution in [3.05, 3.63) is 0 Å². The van der Waals surface area contributed by atoms with Gasteiger partial charge in [0.15, 0.2) is 0 Å². The van der Waals surface area contributed by atoms with E-state index in [-0.39, 0.29) is 103 Å². The Kier molecular flexibility index (Phi) is 22.6. The molecule has 0 heterocycles. The van der Waals surface area contributed by atoms with Gasteiger partial charge >= 0.3 is 103 Å². The van der Waals surface area contributed by atoms with E-state index < -0.39 is 15.6 Å². The van der Waals surface area contributed by atoms with Crippen LogP contribution in [0.25, 0.3) is 0 Å². The summed E-state index contributed by atoms with van der Waals surface area (Å²) in [6.45, 7) is 0. The molecule has 0 fully saturated rings. The van der Waals surface area contributed by atoms with E-state index in [1.807, 2.05) is 0 Å². The van der Waals surface area contributed by atoms with Crippen LogP contribution in [0.4, 0.5) is 0 Å². The zero-order chi connectivity index (χ0) is 9.00. The molecule has 0 unspecified atom stereocenters. The monoisotopic (exact) mass is 268 g/mol. The zero-order valence-electron chi connectivity index (χ0n) is 6.16. The van der Waals surface area contributed by atoms with Crippen LogP contribution in [0.5, 0.6) is 0 Å². The van der Waals surface area contributed by atoms with Crippen molar-refractivity contribution in [1.82, 2.24) is 0 Å². The molecule has 64 valence electrons. The Labute approximate surface area is 153 Å². The second-order valence-corrected chi connectivity index (χ2v) is 2.68. The van der Waals surface area contributed by atoms with Gasteiger partial charge in [0.2, 0.25) is 0 Å². The first kappa shape index (κ1) is 24.6. The molecule has 12 heavy (non-hydrogen) atoms. The molecule has 0 spiro atoms. The van der Waals surface area contributed by atoms with Crippen LogP contribution in [-0.4, -0.2) is 0 Å². The van der Waals surface area contributed by atoms with Crippen LogP contribution in [0.2, 0.25) is 0 Å². The Morgan fingerprint density at radius 3 is 0.583 bits per heavy atom. The summed E-state index contributed by atoms with van der Waals surface area (Å²) in [7, 11) is -10.8. The van der Waals surface area contributed by atoms with Crippen LogP contribution >= 0.6 is 15.6 Å². The first-order valence-corrected chi connectivity index (χ1v) is 4.38. The summed E-state index contributed by atoms with van der Waals surface area (Å²) >= 11 is 0. The summed E-state index contributed by atoms with van der Waals surface area (Å²) in [5, 5.41) is 0. The fourth-order valence-electron chi connectivity index (χ4n) is 0. The molecular weight excluding hydrogens is 268 g/mol. The summed E-state index contributed by atoms with van der Waals surface area (Å²) in [5.74, 6) is 0. The molecule has 0 aromatic carbocycles. The van der Waals surface area contributed by atoms with Crippen LogP contribution in [0.15, 0.2) is 0 Å². The molecule has 0 saturated carbocycles. The van der Waals surface area contributed by atoms with Gasteiger partial charge in [-0.25, -0.2) is 0 Å². The van der Waals surface area contributed by atoms with Gasteiger partial charge in [-0.1, -0.05) is 0 Å². The van der Waals surface area contributed by atoms with E-state index in [1.165, 1.54) is 0 Å². The van der Waals surface area contributed by atoms with Gasteiger partial charge in [-0.2, -0.15) is 15.6 Å². The van der Waals surface area contributed by atoms with Gasteiger partial charge in [0.1, 0.15) is 0 Å². The Balaban J connectivity index is -0.0000000457. The molecule has 0 rings (SSSR count). The van der Waals surface area contributed by atoms with Crippen LogP contribution in [-0.2, 0) is 9.13 Å². The molecule has 0 atom stereocenters. The van der Waals surface area contributed by atoms with Crippen molar-refractivity contribution < 1.29 is 141 Å². The molecule has 0 aromatic rings. The van der Waals surface area contributed by atoms with Crippen LogP contribution in [0.3, 0.4) is 0 Å². The topological polar surface area (TPSA) is 172 Å². The Morgan fingerprint density at radius 1 is 0.583 bits per heavy atom. The van der Waals surface area contributed by atoms with Crippen molar-refractivity contribution in [2.75, 3.05) is 0 Å². The summed E-state index contributed by atoms with van der Waals surface area (Å²) in [6.07, 6.45) is 0. The molecule has 0 amide bonds. The van der Waals surface area contributed by atoms with E-state index in [2.05, 4.69) is 0 Å². The van der Waals surface area contributed by atoms with Crippen molar-refractivity contribution in [1.29, 1.82) is 0 Å². The van der Waals surface area contributed by atoms with Gasteiger partial charge in [-0.15, -0.1) is 0 Å². The van der Waals surface area contributed by atoms with E-state index >= 15 is 0 Å². The minimum Gasteiger partial charge on any atom is -0.822 e. The summed E-state index contributed by atoms with van der Waals surface area (Å²) in [6, 6.07) is 0. The standard InChI is InChI=1S/2K.2H3O4P/c;;2*1-5(2,3)4/h;;2*(H3,1,2,3,4)/q2*+1;;/p-6. The molecule has 0 radical (unpaired) electrons. The van der Waals surface area contributed by atoms with E-state index in [1.54, 1.807) is 0 Å². The van der Waals surface area contributed by atoms with Crippen molar-refractivity contribution in [2.24, 2.45) is 0 Å². The first-order valence-electron chi connectivity index (χ1n) is 1.46. The largest absolute Gasteiger partial charge is 1.00 e. The third kappa shape index (κ3) is 173. The maximum atomic E-state index is 8.55. The maximum Gasteiger partial charge on any atom is 1.00 e. The maximum absolute atomic E-state index is 8.55. The molecule has 0 N–H and O–H groups in total. The fraction of sp³-hybridized carbons (Fsp3) is 0. The molecule has 0 aliphatic heterocycles. The zero-order valence-corrected chi connectivity index (χ0v) is 14.2. The minimum absolute atomic E-state index is 0. The summed E-state index contributed by atoms with van der Waals surface area (Å²) in [5.41, 5.74) is 0. The molecule has 0 saturated heterocycles. The molecule has 0 aliphatic carbocycles. The van der Waals surface area contributed by atoms with E-state index in [0.29, 0.717) is 0 Å². The van der Waals surface area contributed by atoms with Crippen LogP contribution in [0.1, 0.15) is 0 Å². The van der Waals surface area contributed by atoms with Crippen molar-refractivity contribution in [3.8, 4) is 0 Å². The SMILES string of the molecule is O=P([O-])([O-])[O-].O=P([O-])([O-])[O-].[K+].[K+]. The number of hydrogen-bond acceptors (Lipinski definition) is 8. The number of hydrogen-bond donors (Lipinski definition) is 0. The van der Waals surface area contributed by atoms with Gasteiger partial charge in [0, 0.05) is 0 Å². The number of phosphoric acid groups is 2. The Bertz CT molecular complexity index is 127.